The molecule has 0 bridgehead atoms. The van der Waals surface area contributed by atoms with Crippen LogP contribution >= 0.6 is 0 Å². The van der Waals surface area contributed by atoms with Crippen molar-refractivity contribution in [1.29, 1.82) is 0 Å². The summed E-state index contributed by atoms with van der Waals surface area (Å²) in [6, 6.07) is 0. The quantitative estimate of drug-likeness (QED) is 0.655. The van der Waals surface area contributed by atoms with Crippen molar-refractivity contribution in [3.63, 3.8) is 0 Å². The molecule has 76 valence electrons. The smallest absolute Gasteiger partial charge is 0.0547 e. The molecule has 0 amide bonds. The van der Waals surface area contributed by atoms with Crippen LogP contribution in [0.1, 0.15) is 32.6 Å². The fraction of sp³-hybridized carbons (Fsp3) is 1.00. The lowest BCUT2D eigenvalue weighted by atomic mass is 9.89. The Morgan fingerprint density at radius 3 is 2.54 bits per heavy atom. The molecule has 0 radical (unpaired) electrons. The Bertz CT molecular complexity index is 144. The van der Waals surface area contributed by atoms with E-state index in [4.69, 9.17) is 9.47 Å². The van der Waals surface area contributed by atoms with Gasteiger partial charge < -0.3 is 9.47 Å². The van der Waals surface area contributed by atoms with Gasteiger partial charge >= 0.3 is 0 Å². The first-order chi connectivity index (χ1) is 6.34. The summed E-state index contributed by atoms with van der Waals surface area (Å²) in [5.74, 6) is 1.63. The highest BCUT2D eigenvalue weighted by atomic mass is 16.5. The summed E-state index contributed by atoms with van der Waals surface area (Å²) in [5, 5.41) is 0. The maximum absolute atomic E-state index is 5.66. The van der Waals surface area contributed by atoms with Crippen LogP contribution in [0.3, 0.4) is 0 Å². The third-order valence-corrected chi connectivity index (χ3v) is 3.29. The van der Waals surface area contributed by atoms with Crippen LogP contribution in [0.25, 0.3) is 0 Å². The highest BCUT2D eigenvalue weighted by Gasteiger charge is 2.24. The van der Waals surface area contributed by atoms with Gasteiger partial charge in [0.2, 0.25) is 0 Å². The van der Waals surface area contributed by atoms with E-state index in [1.165, 1.54) is 25.7 Å². The van der Waals surface area contributed by atoms with E-state index < -0.39 is 0 Å². The molecule has 3 atom stereocenters. The maximum Gasteiger partial charge on any atom is 0.0547 e. The van der Waals surface area contributed by atoms with E-state index in [0.29, 0.717) is 6.10 Å². The summed E-state index contributed by atoms with van der Waals surface area (Å²) in [6.45, 7) is 5.13. The summed E-state index contributed by atoms with van der Waals surface area (Å²) < 4.78 is 11.0. The Labute approximate surface area is 80.6 Å². The molecular formula is C11H20O2. The Morgan fingerprint density at radius 1 is 1.08 bits per heavy atom. The minimum Gasteiger partial charge on any atom is -0.381 e. The molecule has 2 nitrogen and oxygen atoms in total. The molecule has 2 aliphatic rings. The van der Waals surface area contributed by atoms with Crippen LogP contribution in [0.15, 0.2) is 0 Å². The number of hydrogen-bond donors (Lipinski definition) is 0. The summed E-state index contributed by atoms with van der Waals surface area (Å²) >= 11 is 0. The highest BCUT2D eigenvalue weighted by Crippen LogP contribution is 2.28. The van der Waals surface area contributed by atoms with E-state index in [0.717, 1.165) is 31.7 Å². The van der Waals surface area contributed by atoms with Gasteiger partial charge in [0.1, 0.15) is 0 Å². The van der Waals surface area contributed by atoms with Crippen LogP contribution < -0.4 is 0 Å². The third kappa shape index (κ3) is 2.68. The second kappa shape index (κ2) is 4.43. The minimum atomic E-state index is 0.496. The van der Waals surface area contributed by atoms with Crippen molar-refractivity contribution in [2.75, 3.05) is 19.8 Å². The summed E-state index contributed by atoms with van der Waals surface area (Å²) in [5.41, 5.74) is 0. The van der Waals surface area contributed by atoms with Crippen molar-refractivity contribution in [1.82, 2.24) is 0 Å². The molecule has 0 aromatic rings. The van der Waals surface area contributed by atoms with Gasteiger partial charge in [-0.3, -0.25) is 0 Å². The van der Waals surface area contributed by atoms with Gasteiger partial charge in [-0.1, -0.05) is 0 Å². The number of hydrogen-bond acceptors (Lipinski definition) is 2. The molecule has 0 aliphatic carbocycles. The fourth-order valence-electron chi connectivity index (χ4n) is 2.36. The zero-order valence-corrected chi connectivity index (χ0v) is 8.50. The van der Waals surface area contributed by atoms with Gasteiger partial charge in [0.25, 0.3) is 0 Å². The highest BCUT2D eigenvalue weighted by molar-refractivity contribution is 4.73. The Balaban J connectivity index is 1.69. The van der Waals surface area contributed by atoms with E-state index in [9.17, 15) is 0 Å². The van der Waals surface area contributed by atoms with E-state index in [1.807, 2.05) is 0 Å². The van der Waals surface area contributed by atoms with Crippen molar-refractivity contribution in [2.45, 2.75) is 38.7 Å². The summed E-state index contributed by atoms with van der Waals surface area (Å²) in [6.07, 6.45) is 5.70. The standard InChI is InChI=1S/C11H20O2/c1-9-2-3-10(8-13-9)6-11-4-5-12-7-11/h9-11H,2-8H2,1H3. The number of rotatable bonds is 2. The maximum atomic E-state index is 5.66. The first kappa shape index (κ1) is 9.47. The SMILES string of the molecule is CC1CCC(CC2CCOC2)CO1. The predicted octanol–water partition coefficient (Wildman–Crippen LogP) is 2.23. The van der Waals surface area contributed by atoms with Crippen molar-refractivity contribution in [2.24, 2.45) is 11.8 Å². The summed E-state index contributed by atoms with van der Waals surface area (Å²) in [4.78, 5) is 0. The molecule has 2 heterocycles. The largest absolute Gasteiger partial charge is 0.381 e. The van der Waals surface area contributed by atoms with Crippen molar-refractivity contribution in [3.8, 4) is 0 Å². The second-order valence-electron chi connectivity index (χ2n) is 4.55. The van der Waals surface area contributed by atoms with Gasteiger partial charge in [-0.05, 0) is 44.4 Å². The zero-order valence-electron chi connectivity index (χ0n) is 8.50. The molecule has 0 saturated carbocycles. The van der Waals surface area contributed by atoms with E-state index in [2.05, 4.69) is 6.92 Å². The van der Waals surface area contributed by atoms with Crippen LogP contribution in [0, 0.1) is 11.8 Å². The lowest BCUT2D eigenvalue weighted by Gasteiger charge is -2.28. The van der Waals surface area contributed by atoms with Crippen molar-refractivity contribution < 1.29 is 9.47 Å². The number of ether oxygens (including phenoxy) is 2. The molecular weight excluding hydrogens is 164 g/mol. The van der Waals surface area contributed by atoms with Gasteiger partial charge in [-0.15, -0.1) is 0 Å². The molecule has 2 saturated heterocycles. The molecule has 0 N–H and O–H groups in total. The van der Waals surface area contributed by atoms with Gasteiger partial charge in [-0.25, -0.2) is 0 Å². The zero-order chi connectivity index (χ0) is 9.10. The molecule has 0 spiro atoms. The first-order valence-corrected chi connectivity index (χ1v) is 5.54. The monoisotopic (exact) mass is 184 g/mol. The third-order valence-electron chi connectivity index (χ3n) is 3.29. The minimum absolute atomic E-state index is 0.496. The van der Waals surface area contributed by atoms with Gasteiger partial charge in [0.15, 0.2) is 0 Å². The lowest BCUT2D eigenvalue weighted by molar-refractivity contribution is -0.0117. The van der Waals surface area contributed by atoms with Crippen LogP contribution in [-0.2, 0) is 9.47 Å². The molecule has 0 aromatic heterocycles. The van der Waals surface area contributed by atoms with Crippen molar-refractivity contribution in [3.05, 3.63) is 0 Å². The van der Waals surface area contributed by atoms with Crippen LogP contribution in [0.2, 0.25) is 0 Å². The molecule has 2 fully saturated rings. The molecule has 3 unspecified atom stereocenters. The summed E-state index contributed by atoms with van der Waals surface area (Å²) in [7, 11) is 0. The second-order valence-corrected chi connectivity index (χ2v) is 4.55. The van der Waals surface area contributed by atoms with E-state index in [-0.39, 0.29) is 0 Å². The van der Waals surface area contributed by atoms with Crippen molar-refractivity contribution >= 4 is 0 Å². The lowest BCUT2D eigenvalue weighted by Crippen LogP contribution is -2.25. The Kier molecular flexibility index (Phi) is 3.23. The molecule has 0 aromatic carbocycles. The molecule has 2 heteroatoms. The Hall–Kier alpha value is -0.0800. The Morgan fingerprint density at radius 2 is 1.92 bits per heavy atom. The van der Waals surface area contributed by atoms with E-state index >= 15 is 0 Å². The molecule has 2 rings (SSSR count). The van der Waals surface area contributed by atoms with E-state index in [1.54, 1.807) is 0 Å². The topological polar surface area (TPSA) is 18.5 Å². The van der Waals surface area contributed by atoms with Gasteiger partial charge in [0, 0.05) is 19.8 Å². The van der Waals surface area contributed by atoms with Gasteiger partial charge in [-0.2, -0.15) is 0 Å². The van der Waals surface area contributed by atoms with Crippen LogP contribution in [0.5, 0.6) is 0 Å². The normalized spacial score (nSPS) is 40.8. The molecule has 13 heavy (non-hydrogen) atoms. The van der Waals surface area contributed by atoms with Gasteiger partial charge in [0.05, 0.1) is 6.10 Å². The fourth-order valence-corrected chi connectivity index (χ4v) is 2.36. The first-order valence-electron chi connectivity index (χ1n) is 5.54. The average Bonchev–Trinajstić information content (AvgIpc) is 2.62. The van der Waals surface area contributed by atoms with Crippen LogP contribution in [-0.4, -0.2) is 25.9 Å². The average molecular weight is 184 g/mol. The molecule has 2 aliphatic heterocycles. The van der Waals surface area contributed by atoms with Crippen LogP contribution in [0.4, 0.5) is 0 Å². The predicted molar refractivity (Wildman–Crippen MR) is 51.7 cm³/mol.